The van der Waals surface area contributed by atoms with Crippen LogP contribution in [-0.2, 0) is 6.54 Å². The molecule has 0 radical (unpaired) electrons. The van der Waals surface area contributed by atoms with E-state index in [1.54, 1.807) is 7.05 Å². The number of hydrogen-bond donors (Lipinski definition) is 2. The molecule has 0 spiro atoms. The van der Waals surface area contributed by atoms with E-state index in [4.69, 9.17) is 0 Å². The number of carbonyl (C=O) groups is 1. The van der Waals surface area contributed by atoms with Crippen molar-refractivity contribution in [3.63, 3.8) is 0 Å². The van der Waals surface area contributed by atoms with E-state index in [1.807, 2.05) is 24.3 Å². The van der Waals surface area contributed by atoms with Crippen molar-refractivity contribution in [1.82, 2.24) is 10.6 Å². The van der Waals surface area contributed by atoms with Gasteiger partial charge in [0.2, 0.25) is 0 Å². The predicted octanol–water partition coefficient (Wildman–Crippen LogP) is 1.94. The van der Waals surface area contributed by atoms with Crippen LogP contribution in [0.2, 0.25) is 0 Å². The quantitative estimate of drug-likeness (QED) is 0.736. The van der Waals surface area contributed by atoms with E-state index in [0.717, 1.165) is 19.0 Å². The van der Waals surface area contributed by atoms with Crippen molar-refractivity contribution in [2.45, 2.75) is 25.8 Å². The first-order valence-electron chi connectivity index (χ1n) is 6.31. The van der Waals surface area contributed by atoms with E-state index in [1.165, 1.54) is 24.8 Å². The van der Waals surface area contributed by atoms with E-state index in [2.05, 4.69) is 10.6 Å². The third-order valence-electron chi connectivity index (χ3n) is 3.20. The van der Waals surface area contributed by atoms with Crippen LogP contribution in [0, 0.1) is 5.92 Å². The van der Waals surface area contributed by atoms with Crippen molar-refractivity contribution in [3.05, 3.63) is 35.4 Å². The van der Waals surface area contributed by atoms with E-state index in [-0.39, 0.29) is 5.91 Å². The van der Waals surface area contributed by atoms with Gasteiger partial charge in [0, 0.05) is 19.2 Å². The Labute approximate surface area is 103 Å². The number of amides is 1. The van der Waals surface area contributed by atoms with Gasteiger partial charge in [-0.3, -0.25) is 4.79 Å². The van der Waals surface area contributed by atoms with Crippen molar-refractivity contribution in [1.29, 1.82) is 0 Å². The standard InChI is InChI=1S/C14H20N2O/c1-15-14(17)13-6-4-12(5-7-13)10-16-9-8-11-2-3-11/h4-7,11,16H,2-3,8-10H2,1H3,(H,15,17). The lowest BCUT2D eigenvalue weighted by atomic mass is 10.1. The van der Waals surface area contributed by atoms with Crippen molar-refractivity contribution < 1.29 is 4.79 Å². The first kappa shape index (κ1) is 12.1. The molecule has 3 nitrogen and oxygen atoms in total. The van der Waals surface area contributed by atoms with Gasteiger partial charge in [0.15, 0.2) is 0 Å². The molecule has 3 heteroatoms. The van der Waals surface area contributed by atoms with Gasteiger partial charge in [0.1, 0.15) is 0 Å². The van der Waals surface area contributed by atoms with E-state index in [9.17, 15) is 4.79 Å². The smallest absolute Gasteiger partial charge is 0.251 e. The summed E-state index contributed by atoms with van der Waals surface area (Å²) >= 11 is 0. The van der Waals surface area contributed by atoms with Gasteiger partial charge in [0.25, 0.3) is 5.91 Å². The maximum Gasteiger partial charge on any atom is 0.251 e. The zero-order valence-electron chi connectivity index (χ0n) is 10.3. The Bertz CT molecular complexity index is 368. The fourth-order valence-electron chi connectivity index (χ4n) is 1.86. The molecule has 1 aliphatic rings. The molecular formula is C14H20N2O. The average Bonchev–Trinajstić information content (AvgIpc) is 3.18. The van der Waals surface area contributed by atoms with Gasteiger partial charge in [-0.2, -0.15) is 0 Å². The molecule has 1 amide bonds. The highest BCUT2D eigenvalue weighted by Gasteiger charge is 2.19. The van der Waals surface area contributed by atoms with Gasteiger partial charge in [-0.15, -0.1) is 0 Å². The van der Waals surface area contributed by atoms with Crippen LogP contribution < -0.4 is 10.6 Å². The van der Waals surface area contributed by atoms with Crippen LogP contribution in [0.5, 0.6) is 0 Å². The summed E-state index contributed by atoms with van der Waals surface area (Å²) in [6.45, 7) is 1.99. The Balaban J connectivity index is 1.74. The molecule has 92 valence electrons. The Morgan fingerprint density at radius 2 is 2.00 bits per heavy atom. The highest BCUT2D eigenvalue weighted by atomic mass is 16.1. The fraction of sp³-hybridized carbons (Fsp3) is 0.500. The van der Waals surface area contributed by atoms with Crippen LogP contribution in [-0.4, -0.2) is 19.5 Å². The van der Waals surface area contributed by atoms with Crippen LogP contribution in [0.25, 0.3) is 0 Å². The van der Waals surface area contributed by atoms with Gasteiger partial charge in [-0.05, 0) is 36.6 Å². The topological polar surface area (TPSA) is 41.1 Å². The molecule has 0 unspecified atom stereocenters. The van der Waals surface area contributed by atoms with Gasteiger partial charge >= 0.3 is 0 Å². The Hall–Kier alpha value is -1.35. The maximum atomic E-state index is 11.3. The second-order valence-corrected chi connectivity index (χ2v) is 4.68. The maximum absolute atomic E-state index is 11.3. The summed E-state index contributed by atoms with van der Waals surface area (Å²) in [4.78, 5) is 11.3. The highest BCUT2D eigenvalue weighted by molar-refractivity contribution is 5.93. The summed E-state index contributed by atoms with van der Waals surface area (Å²) in [6, 6.07) is 7.76. The Kier molecular flexibility index (Phi) is 4.15. The molecule has 1 saturated carbocycles. The fourth-order valence-corrected chi connectivity index (χ4v) is 1.86. The molecule has 1 fully saturated rings. The molecule has 0 bridgehead atoms. The molecular weight excluding hydrogens is 212 g/mol. The van der Waals surface area contributed by atoms with Crippen LogP contribution >= 0.6 is 0 Å². The molecule has 1 aliphatic carbocycles. The molecule has 0 aliphatic heterocycles. The number of rotatable bonds is 6. The third-order valence-corrected chi connectivity index (χ3v) is 3.20. The largest absolute Gasteiger partial charge is 0.355 e. The minimum absolute atomic E-state index is 0.0294. The van der Waals surface area contributed by atoms with E-state index < -0.39 is 0 Å². The lowest BCUT2D eigenvalue weighted by Gasteiger charge is -2.05. The molecule has 2 rings (SSSR count). The first-order valence-corrected chi connectivity index (χ1v) is 6.31. The number of carbonyl (C=O) groups excluding carboxylic acids is 1. The summed E-state index contributed by atoms with van der Waals surface area (Å²) in [5.74, 6) is 0.955. The van der Waals surface area contributed by atoms with Crippen molar-refractivity contribution in [2.75, 3.05) is 13.6 Å². The molecule has 0 heterocycles. The molecule has 0 saturated heterocycles. The van der Waals surface area contributed by atoms with Crippen molar-refractivity contribution >= 4 is 5.91 Å². The monoisotopic (exact) mass is 232 g/mol. The Morgan fingerprint density at radius 3 is 2.59 bits per heavy atom. The van der Waals surface area contributed by atoms with Gasteiger partial charge in [-0.1, -0.05) is 25.0 Å². The van der Waals surface area contributed by atoms with Crippen LogP contribution in [0.3, 0.4) is 0 Å². The minimum Gasteiger partial charge on any atom is -0.355 e. The normalized spacial score (nSPS) is 14.6. The lowest BCUT2D eigenvalue weighted by Crippen LogP contribution is -2.18. The van der Waals surface area contributed by atoms with Crippen LogP contribution in [0.1, 0.15) is 35.2 Å². The Morgan fingerprint density at radius 1 is 1.29 bits per heavy atom. The molecule has 1 aromatic carbocycles. The third kappa shape index (κ3) is 3.86. The number of hydrogen-bond acceptors (Lipinski definition) is 2. The minimum atomic E-state index is -0.0294. The zero-order chi connectivity index (χ0) is 12.1. The molecule has 0 atom stereocenters. The summed E-state index contributed by atoms with van der Waals surface area (Å²) in [7, 11) is 1.65. The van der Waals surface area contributed by atoms with Gasteiger partial charge < -0.3 is 10.6 Å². The van der Waals surface area contributed by atoms with Gasteiger partial charge in [0.05, 0.1) is 0 Å². The zero-order valence-corrected chi connectivity index (χ0v) is 10.3. The summed E-state index contributed by atoms with van der Waals surface area (Å²) in [6.07, 6.45) is 4.14. The van der Waals surface area contributed by atoms with E-state index in [0.29, 0.717) is 5.56 Å². The molecule has 0 aromatic heterocycles. The van der Waals surface area contributed by atoms with Crippen molar-refractivity contribution in [2.24, 2.45) is 5.92 Å². The summed E-state index contributed by atoms with van der Waals surface area (Å²) in [5.41, 5.74) is 1.95. The molecule has 17 heavy (non-hydrogen) atoms. The SMILES string of the molecule is CNC(=O)c1ccc(CNCCC2CC2)cc1. The number of nitrogens with one attached hydrogen (secondary N) is 2. The van der Waals surface area contributed by atoms with Crippen LogP contribution in [0.15, 0.2) is 24.3 Å². The predicted molar refractivity (Wildman–Crippen MR) is 68.9 cm³/mol. The second kappa shape index (κ2) is 5.82. The lowest BCUT2D eigenvalue weighted by molar-refractivity contribution is 0.0963. The second-order valence-electron chi connectivity index (χ2n) is 4.68. The van der Waals surface area contributed by atoms with Gasteiger partial charge in [-0.25, -0.2) is 0 Å². The van der Waals surface area contributed by atoms with Crippen LogP contribution in [0.4, 0.5) is 0 Å². The number of benzene rings is 1. The highest BCUT2D eigenvalue weighted by Crippen LogP contribution is 2.31. The van der Waals surface area contributed by atoms with E-state index >= 15 is 0 Å². The summed E-state index contributed by atoms with van der Waals surface area (Å²) < 4.78 is 0. The van der Waals surface area contributed by atoms with Crippen molar-refractivity contribution in [3.8, 4) is 0 Å². The molecule has 2 N–H and O–H groups in total. The first-order chi connectivity index (χ1) is 8.29. The average molecular weight is 232 g/mol. The summed E-state index contributed by atoms with van der Waals surface area (Å²) in [5, 5.41) is 6.05. The molecule has 1 aromatic rings.